The molecule has 0 N–H and O–H groups in total. The number of benzene rings is 1. The molecule has 0 unspecified atom stereocenters. The van der Waals surface area contributed by atoms with Crippen molar-refractivity contribution in [2.45, 2.75) is 26.8 Å². The van der Waals surface area contributed by atoms with Crippen LogP contribution in [0.15, 0.2) is 30.3 Å². The van der Waals surface area contributed by atoms with E-state index >= 15 is 0 Å². The van der Waals surface area contributed by atoms with Gasteiger partial charge in [-0.25, -0.2) is 0 Å². The number of rotatable bonds is 4. The Morgan fingerprint density at radius 2 is 2.11 bits per heavy atom. The number of esters is 1. The Balaban J connectivity index is 1.94. The number of nitrogens with zero attached hydrogens (tertiary/aromatic N) is 1. The molecule has 1 heterocycles. The van der Waals surface area contributed by atoms with Crippen LogP contribution in [0.4, 0.5) is 0 Å². The third kappa shape index (κ3) is 2.91. The van der Waals surface area contributed by atoms with Crippen LogP contribution in [0.25, 0.3) is 0 Å². The van der Waals surface area contributed by atoms with Gasteiger partial charge in [0.15, 0.2) is 0 Å². The third-order valence-corrected chi connectivity index (χ3v) is 3.57. The lowest BCUT2D eigenvalue weighted by Crippen LogP contribution is -2.33. The summed E-state index contributed by atoms with van der Waals surface area (Å²) in [5.41, 5.74) is 0.968. The van der Waals surface area contributed by atoms with Gasteiger partial charge in [-0.1, -0.05) is 30.3 Å². The molecule has 1 saturated heterocycles. The highest BCUT2D eigenvalue weighted by molar-refractivity contribution is 5.77. The van der Waals surface area contributed by atoms with Gasteiger partial charge < -0.3 is 4.74 Å². The fourth-order valence-electron chi connectivity index (χ4n) is 2.51. The van der Waals surface area contributed by atoms with Crippen molar-refractivity contribution in [1.82, 2.24) is 4.90 Å². The summed E-state index contributed by atoms with van der Waals surface area (Å²) in [5.74, 6) is -0.0550. The van der Waals surface area contributed by atoms with Crippen LogP contribution in [0.3, 0.4) is 0 Å². The summed E-state index contributed by atoms with van der Waals surface area (Å²) in [7, 11) is 0. The van der Waals surface area contributed by atoms with Crippen LogP contribution < -0.4 is 0 Å². The third-order valence-electron chi connectivity index (χ3n) is 3.57. The van der Waals surface area contributed by atoms with Crippen molar-refractivity contribution in [2.75, 3.05) is 19.7 Å². The van der Waals surface area contributed by atoms with E-state index in [1.807, 2.05) is 19.9 Å². The summed E-state index contributed by atoms with van der Waals surface area (Å²) >= 11 is 0. The highest BCUT2D eigenvalue weighted by Gasteiger charge is 2.41. The predicted molar refractivity (Wildman–Crippen MR) is 71.1 cm³/mol. The zero-order valence-corrected chi connectivity index (χ0v) is 11.2. The first kappa shape index (κ1) is 13.1. The molecule has 0 aliphatic carbocycles. The van der Waals surface area contributed by atoms with Crippen LogP contribution in [0.1, 0.15) is 25.8 Å². The second kappa shape index (κ2) is 5.53. The maximum Gasteiger partial charge on any atom is 0.313 e. The number of likely N-dealkylation sites (tertiary alicyclic amines) is 1. The van der Waals surface area contributed by atoms with Crippen molar-refractivity contribution in [3.05, 3.63) is 35.9 Å². The van der Waals surface area contributed by atoms with Gasteiger partial charge in [-0.15, -0.1) is 0 Å². The first-order valence-corrected chi connectivity index (χ1v) is 6.57. The Labute approximate surface area is 109 Å². The lowest BCUT2D eigenvalue weighted by molar-refractivity contribution is -0.153. The van der Waals surface area contributed by atoms with Gasteiger partial charge in [0.25, 0.3) is 0 Å². The summed E-state index contributed by atoms with van der Waals surface area (Å²) in [6, 6.07) is 10.4. The SMILES string of the molecule is CCOC(=O)[C@]1(C)CCN(Cc2ccccc2)C1. The van der Waals surface area contributed by atoms with E-state index in [1.54, 1.807) is 0 Å². The van der Waals surface area contributed by atoms with Crippen LogP contribution in [-0.4, -0.2) is 30.6 Å². The quantitative estimate of drug-likeness (QED) is 0.765. The first-order valence-electron chi connectivity index (χ1n) is 6.57. The van der Waals surface area contributed by atoms with Crippen molar-refractivity contribution >= 4 is 5.97 Å². The minimum atomic E-state index is -0.329. The first-order chi connectivity index (χ1) is 8.64. The van der Waals surface area contributed by atoms with E-state index in [1.165, 1.54) is 5.56 Å². The molecule has 0 amide bonds. The van der Waals surface area contributed by atoms with Crippen molar-refractivity contribution in [3.63, 3.8) is 0 Å². The molecule has 98 valence electrons. The molecular weight excluding hydrogens is 226 g/mol. The molecule has 0 radical (unpaired) electrons. The van der Waals surface area contributed by atoms with Gasteiger partial charge in [0, 0.05) is 13.1 Å². The molecular formula is C15H21NO2. The van der Waals surface area contributed by atoms with Crippen LogP contribution in [-0.2, 0) is 16.1 Å². The molecule has 0 spiro atoms. The molecule has 0 bridgehead atoms. The minimum absolute atomic E-state index is 0.0550. The fraction of sp³-hybridized carbons (Fsp3) is 0.533. The van der Waals surface area contributed by atoms with Crippen LogP contribution in [0.5, 0.6) is 0 Å². The Morgan fingerprint density at radius 3 is 2.78 bits per heavy atom. The zero-order valence-electron chi connectivity index (χ0n) is 11.2. The van der Waals surface area contributed by atoms with E-state index in [4.69, 9.17) is 4.74 Å². The topological polar surface area (TPSA) is 29.5 Å². The molecule has 18 heavy (non-hydrogen) atoms. The van der Waals surface area contributed by atoms with Crippen molar-refractivity contribution in [1.29, 1.82) is 0 Å². The van der Waals surface area contributed by atoms with Crippen molar-refractivity contribution < 1.29 is 9.53 Å². The largest absolute Gasteiger partial charge is 0.466 e. The van der Waals surface area contributed by atoms with Gasteiger partial charge >= 0.3 is 5.97 Å². The zero-order chi connectivity index (χ0) is 13.0. The number of hydrogen-bond acceptors (Lipinski definition) is 3. The van der Waals surface area contributed by atoms with Crippen molar-refractivity contribution in [3.8, 4) is 0 Å². The molecule has 1 aliphatic rings. The highest BCUT2D eigenvalue weighted by Crippen LogP contribution is 2.32. The molecule has 1 aromatic carbocycles. The van der Waals surface area contributed by atoms with E-state index in [0.29, 0.717) is 6.61 Å². The average molecular weight is 247 g/mol. The molecule has 0 aromatic heterocycles. The minimum Gasteiger partial charge on any atom is -0.466 e. The molecule has 1 aliphatic heterocycles. The van der Waals surface area contributed by atoms with Crippen LogP contribution >= 0.6 is 0 Å². The Morgan fingerprint density at radius 1 is 1.39 bits per heavy atom. The summed E-state index contributed by atoms with van der Waals surface area (Å²) in [4.78, 5) is 14.2. The smallest absolute Gasteiger partial charge is 0.313 e. The monoisotopic (exact) mass is 247 g/mol. The highest BCUT2D eigenvalue weighted by atomic mass is 16.5. The van der Waals surface area contributed by atoms with Crippen LogP contribution in [0, 0.1) is 5.41 Å². The van der Waals surface area contributed by atoms with Gasteiger partial charge in [0.05, 0.1) is 12.0 Å². The van der Waals surface area contributed by atoms with E-state index in [9.17, 15) is 4.79 Å². The Kier molecular flexibility index (Phi) is 4.02. The number of carbonyl (C=O) groups is 1. The summed E-state index contributed by atoms with van der Waals surface area (Å²) in [6.45, 7) is 7.00. The van der Waals surface area contributed by atoms with E-state index in [2.05, 4.69) is 29.2 Å². The van der Waals surface area contributed by atoms with Gasteiger partial charge in [0.2, 0.25) is 0 Å². The fourth-order valence-corrected chi connectivity index (χ4v) is 2.51. The molecule has 3 heteroatoms. The van der Waals surface area contributed by atoms with Crippen molar-refractivity contribution in [2.24, 2.45) is 5.41 Å². The molecule has 3 nitrogen and oxygen atoms in total. The lowest BCUT2D eigenvalue weighted by Gasteiger charge is -2.22. The van der Waals surface area contributed by atoms with Crippen LogP contribution in [0.2, 0.25) is 0 Å². The maximum atomic E-state index is 11.9. The number of ether oxygens (including phenoxy) is 1. The molecule has 0 saturated carbocycles. The molecule has 1 fully saturated rings. The van der Waals surface area contributed by atoms with E-state index in [-0.39, 0.29) is 11.4 Å². The normalized spacial score (nSPS) is 24.1. The second-order valence-electron chi connectivity index (χ2n) is 5.23. The Bertz CT molecular complexity index is 404. The van der Waals surface area contributed by atoms with Gasteiger partial charge in [-0.3, -0.25) is 9.69 Å². The van der Waals surface area contributed by atoms with E-state index < -0.39 is 0 Å². The standard InChI is InChI=1S/C15H21NO2/c1-3-18-14(17)15(2)9-10-16(12-15)11-13-7-5-4-6-8-13/h4-8H,3,9-12H2,1-2H3/t15-/m1/s1. The van der Waals surface area contributed by atoms with E-state index in [0.717, 1.165) is 26.1 Å². The van der Waals surface area contributed by atoms with Gasteiger partial charge in [0.1, 0.15) is 0 Å². The lowest BCUT2D eigenvalue weighted by atomic mass is 9.90. The molecule has 2 rings (SSSR count). The summed E-state index contributed by atoms with van der Waals surface area (Å²) in [6.07, 6.45) is 0.888. The number of hydrogen-bond donors (Lipinski definition) is 0. The summed E-state index contributed by atoms with van der Waals surface area (Å²) in [5, 5.41) is 0. The predicted octanol–water partition coefficient (Wildman–Crippen LogP) is 2.46. The Hall–Kier alpha value is -1.35. The maximum absolute atomic E-state index is 11.9. The average Bonchev–Trinajstić information content (AvgIpc) is 2.74. The molecule has 1 atom stereocenters. The second-order valence-corrected chi connectivity index (χ2v) is 5.23. The van der Waals surface area contributed by atoms with Gasteiger partial charge in [-0.2, -0.15) is 0 Å². The van der Waals surface area contributed by atoms with Gasteiger partial charge in [-0.05, 0) is 32.4 Å². The molecule has 1 aromatic rings. The number of carbonyl (C=O) groups excluding carboxylic acids is 1. The summed E-state index contributed by atoms with van der Waals surface area (Å²) < 4.78 is 5.16.